The van der Waals surface area contributed by atoms with Crippen molar-refractivity contribution in [3.05, 3.63) is 0 Å². The van der Waals surface area contributed by atoms with E-state index in [4.69, 9.17) is 15.3 Å². The van der Waals surface area contributed by atoms with Crippen molar-refractivity contribution in [2.75, 3.05) is 20.3 Å². The molecule has 0 aliphatic heterocycles. The van der Waals surface area contributed by atoms with Crippen molar-refractivity contribution in [3.63, 3.8) is 0 Å². The van der Waals surface area contributed by atoms with Gasteiger partial charge in [0.15, 0.2) is 5.78 Å². The fraction of sp³-hybridized carbons (Fsp3) is 0.875. The minimum absolute atomic E-state index is 0.0487. The molecule has 0 fully saturated rings. The van der Waals surface area contributed by atoms with Crippen LogP contribution in [0.2, 0.25) is 0 Å². The second kappa shape index (κ2) is 6.86. The first-order chi connectivity index (χ1) is 6.54. The van der Waals surface area contributed by atoms with Crippen molar-refractivity contribution in [1.82, 2.24) is 0 Å². The van der Waals surface area contributed by atoms with Crippen LogP contribution in [0.1, 0.15) is 6.42 Å². The summed E-state index contributed by atoms with van der Waals surface area (Å²) in [6.45, 7) is -0.576. The van der Waals surface area contributed by atoms with Crippen LogP contribution in [0.15, 0.2) is 0 Å². The summed E-state index contributed by atoms with van der Waals surface area (Å²) in [5, 5.41) is 35.7. The maximum atomic E-state index is 11.1. The minimum atomic E-state index is -1.69. The number of aliphatic hydroxyl groups excluding tert-OH is 4. The molecule has 14 heavy (non-hydrogen) atoms. The Balaban J connectivity index is 4.03. The van der Waals surface area contributed by atoms with E-state index < -0.39 is 30.7 Å². The van der Waals surface area contributed by atoms with Gasteiger partial charge in [0.05, 0.1) is 13.2 Å². The van der Waals surface area contributed by atoms with Gasteiger partial charge >= 0.3 is 0 Å². The lowest BCUT2D eigenvalue weighted by Gasteiger charge is -2.20. The fourth-order valence-electron chi connectivity index (χ4n) is 0.859. The second-order valence-electron chi connectivity index (χ2n) is 2.89. The van der Waals surface area contributed by atoms with Crippen molar-refractivity contribution in [3.8, 4) is 0 Å². The highest BCUT2D eigenvalue weighted by Crippen LogP contribution is 2.03. The monoisotopic (exact) mass is 208 g/mol. The van der Waals surface area contributed by atoms with Gasteiger partial charge in [-0.1, -0.05) is 0 Å². The number of aliphatic hydroxyl groups is 4. The molecule has 0 heterocycles. The fourth-order valence-corrected chi connectivity index (χ4v) is 0.859. The number of rotatable bonds is 7. The largest absolute Gasteiger partial charge is 0.394 e. The smallest absolute Gasteiger partial charge is 0.166 e. The van der Waals surface area contributed by atoms with E-state index in [0.29, 0.717) is 0 Å². The molecule has 0 bridgehead atoms. The molecule has 3 unspecified atom stereocenters. The van der Waals surface area contributed by atoms with E-state index >= 15 is 0 Å². The summed E-state index contributed by atoms with van der Waals surface area (Å²) in [7, 11) is 1.40. The summed E-state index contributed by atoms with van der Waals surface area (Å²) in [6, 6.07) is 0. The highest BCUT2D eigenvalue weighted by atomic mass is 16.5. The molecular formula is C8H16O6. The van der Waals surface area contributed by atoms with Gasteiger partial charge in [-0.3, -0.25) is 4.79 Å². The Morgan fingerprint density at radius 2 is 1.93 bits per heavy atom. The summed E-state index contributed by atoms with van der Waals surface area (Å²) in [4.78, 5) is 11.1. The molecule has 0 aliphatic carbocycles. The van der Waals surface area contributed by atoms with Crippen molar-refractivity contribution < 1.29 is 30.0 Å². The van der Waals surface area contributed by atoms with Crippen LogP contribution in [-0.2, 0) is 9.53 Å². The number of hydrogen-bond acceptors (Lipinski definition) is 6. The molecule has 0 aromatic heterocycles. The van der Waals surface area contributed by atoms with Gasteiger partial charge in [-0.2, -0.15) is 0 Å². The quantitative estimate of drug-likeness (QED) is 0.374. The van der Waals surface area contributed by atoms with E-state index in [-0.39, 0.29) is 13.0 Å². The van der Waals surface area contributed by atoms with Crippen LogP contribution in [-0.4, -0.2) is 64.8 Å². The first-order valence-corrected chi connectivity index (χ1v) is 4.21. The maximum Gasteiger partial charge on any atom is 0.166 e. The molecule has 0 saturated carbocycles. The Hall–Kier alpha value is -0.530. The van der Waals surface area contributed by atoms with Crippen LogP contribution < -0.4 is 0 Å². The van der Waals surface area contributed by atoms with Gasteiger partial charge in [-0.15, -0.1) is 0 Å². The van der Waals surface area contributed by atoms with Crippen LogP contribution in [0.4, 0.5) is 0 Å². The Labute approximate surface area is 81.7 Å². The average Bonchev–Trinajstić information content (AvgIpc) is 2.22. The van der Waals surface area contributed by atoms with Crippen molar-refractivity contribution in [2.24, 2.45) is 0 Å². The van der Waals surface area contributed by atoms with Crippen molar-refractivity contribution in [2.45, 2.75) is 24.7 Å². The summed E-state index contributed by atoms with van der Waals surface area (Å²) >= 11 is 0. The van der Waals surface area contributed by atoms with E-state index in [1.54, 1.807) is 0 Å². The van der Waals surface area contributed by atoms with Crippen LogP contribution in [0.25, 0.3) is 0 Å². The Bertz CT molecular complexity index is 171. The molecule has 0 radical (unpaired) electrons. The van der Waals surface area contributed by atoms with Crippen LogP contribution in [0.3, 0.4) is 0 Å². The highest BCUT2D eigenvalue weighted by Gasteiger charge is 2.29. The predicted molar refractivity (Wildman–Crippen MR) is 46.6 cm³/mol. The summed E-state index contributed by atoms with van der Waals surface area (Å²) in [5.41, 5.74) is 0. The molecule has 0 aromatic carbocycles. The second-order valence-corrected chi connectivity index (χ2v) is 2.89. The van der Waals surface area contributed by atoms with Crippen LogP contribution in [0.5, 0.6) is 0 Å². The third-order valence-electron chi connectivity index (χ3n) is 1.79. The molecule has 6 nitrogen and oxygen atoms in total. The molecule has 0 amide bonds. The Kier molecular flexibility index (Phi) is 6.60. The minimum Gasteiger partial charge on any atom is -0.394 e. The van der Waals surface area contributed by atoms with E-state index in [1.807, 2.05) is 0 Å². The number of ketones is 1. The van der Waals surface area contributed by atoms with Gasteiger partial charge in [0.2, 0.25) is 0 Å². The molecule has 3 atom stereocenters. The number of carbonyl (C=O) groups excluding carboxylic acids is 1. The maximum absolute atomic E-state index is 11.1. The first kappa shape index (κ1) is 13.5. The zero-order valence-electron chi connectivity index (χ0n) is 7.96. The first-order valence-electron chi connectivity index (χ1n) is 4.21. The average molecular weight is 208 g/mol. The number of ether oxygens (including phenoxy) is 1. The Morgan fingerprint density at radius 3 is 2.36 bits per heavy atom. The van der Waals surface area contributed by atoms with Gasteiger partial charge in [0.25, 0.3) is 0 Å². The van der Waals surface area contributed by atoms with E-state index in [9.17, 15) is 9.90 Å². The molecular weight excluding hydrogens is 192 g/mol. The molecule has 6 heteroatoms. The molecule has 0 spiro atoms. The zero-order valence-corrected chi connectivity index (χ0v) is 7.96. The molecule has 0 aromatic rings. The van der Waals surface area contributed by atoms with Gasteiger partial charge in [-0.05, 0) is 0 Å². The molecule has 4 N–H and O–H groups in total. The van der Waals surface area contributed by atoms with Gasteiger partial charge < -0.3 is 25.2 Å². The number of methoxy groups -OCH3 is 1. The summed E-state index contributed by atoms with van der Waals surface area (Å²) in [5.74, 6) is -0.633. The molecule has 84 valence electrons. The van der Waals surface area contributed by atoms with Gasteiger partial charge in [0, 0.05) is 13.5 Å². The molecule has 0 rings (SSSR count). The van der Waals surface area contributed by atoms with E-state index in [1.165, 1.54) is 7.11 Å². The third kappa shape index (κ3) is 4.12. The molecule has 0 saturated heterocycles. The van der Waals surface area contributed by atoms with Crippen LogP contribution >= 0.6 is 0 Å². The lowest BCUT2D eigenvalue weighted by atomic mass is 10.0. The van der Waals surface area contributed by atoms with E-state index in [0.717, 1.165) is 0 Å². The lowest BCUT2D eigenvalue weighted by Crippen LogP contribution is -2.44. The van der Waals surface area contributed by atoms with Crippen molar-refractivity contribution >= 4 is 5.78 Å². The number of hydrogen-bond donors (Lipinski definition) is 4. The topological polar surface area (TPSA) is 107 Å². The standard InChI is InChI=1S/C8H16O6/c1-14-3-2-5(10)7(12)8(13)6(11)4-9/h6-9,11-13H,2-4H2,1H3. The highest BCUT2D eigenvalue weighted by molar-refractivity contribution is 5.83. The predicted octanol–water partition coefficient (Wildman–Crippen LogP) is -2.33. The van der Waals surface area contributed by atoms with Crippen LogP contribution in [0, 0.1) is 0 Å². The number of Topliss-reactive ketones (excluding diaryl/α,β-unsaturated/α-hetero) is 1. The third-order valence-corrected chi connectivity index (χ3v) is 1.79. The SMILES string of the molecule is COCCC(=O)C(O)C(O)C(O)CO. The van der Waals surface area contributed by atoms with E-state index in [2.05, 4.69) is 4.74 Å². The lowest BCUT2D eigenvalue weighted by molar-refractivity contribution is -0.141. The molecule has 0 aliphatic rings. The van der Waals surface area contributed by atoms with Crippen molar-refractivity contribution in [1.29, 1.82) is 0 Å². The van der Waals surface area contributed by atoms with Gasteiger partial charge in [0.1, 0.15) is 18.3 Å². The number of carbonyl (C=O) groups is 1. The summed E-state index contributed by atoms with van der Waals surface area (Å²) in [6.07, 6.45) is -4.92. The summed E-state index contributed by atoms with van der Waals surface area (Å²) < 4.78 is 4.60. The zero-order chi connectivity index (χ0) is 11.1. The normalized spacial score (nSPS) is 17.5. The Morgan fingerprint density at radius 1 is 1.36 bits per heavy atom. The van der Waals surface area contributed by atoms with Gasteiger partial charge in [-0.25, -0.2) is 0 Å².